The molecule has 2 bridgehead atoms. The van der Waals surface area contributed by atoms with Crippen LogP contribution in [0, 0.1) is 11.8 Å². The second kappa shape index (κ2) is 9.55. The summed E-state index contributed by atoms with van der Waals surface area (Å²) in [5, 5.41) is 1.16. The number of hydrogen-bond acceptors (Lipinski definition) is 7. The normalized spacial score (nSPS) is 21.9. The van der Waals surface area contributed by atoms with E-state index in [1.807, 2.05) is 23.1 Å². The first-order valence-electron chi connectivity index (χ1n) is 14.7. The molecule has 3 fully saturated rings. The smallest absolute Gasteiger partial charge is 0.254 e. The van der Waals surface area contributed by atoms with Crippen molar-refractivity contribution in [1.82, 2.24) is 29.0 Å². The Morgan fingerprint density at radius 3 is 2.57 bits per heavy atom. The molecule has 2 aromatic carbocycles. The number of ether oxygens (including phenoxy) is 1. The molecule has 10 nitrogen and oxygen atoms in total. The molecule has 3 aromatic heterocycles. The van der Waals surface area contributed by atoms with Crippen LogP contribution >= 0.6 is 0 Å². The molecule has 5 aromatic rings. The number of benzene rings is 2. The fraction of sp³-hybridized carbons (Fsp3) is 0.375. The number of imidazole rings is 1. The van der Waals surface area contributed by atoms with Gasteiger partial charge >= 0.3 is 0 Å². The number of nitrogens with zero attached hydrogens (tertiary/aromatic N) is 7. The third kappa shape index (κ3) is 3.81. The number of carbonyl (C=O) groups excluding carboxylic acids is 1. The molecule has 10 heteroatoms. The van der Waals surface area contributed by atoms with Crippen molar-refractivity contribution in [3.8, 4) is 17.3 Å². The van der Waals surface area contributed by atoms with Gasteiger partial charge in [-0.15, -0.1) is 0 Å². The lowest BCUT2D eigenvalue weighted by molar-refractivity contribution is 0.0700. The quantitative estimate of drug-likeness (QED) is 0.336. The molecule has 0 radical (unpaired) electrons. The SMILES string of the molecule is COc1cc(C(=O)N2C[C@H]3CC[C@@H]2[C@@H]3N)cc2nc(-c3cc4ccccc4n3C)n(CC3CN(c4ncccn4)C3)c12. The summed E-state index contributed by atoms with van der Waals surface area (Å²) in [5.41, 5.74) is 10.9. The van der Waals surface area contributed by atoms with E-state index in [1.165, 1.54) is 0 Å². The van der Waals surface area contributed by atoms with Crippen LogP contribution in [-0.4, -0.2) is 73.7 Å². The molecule has 42 heavy (non-hydrogen) atoms. The number of rotatable bonds is 6. The van der Waals surface area contributed by atoms with Crippen molar-refractivity contribution in [2.45, 2.75) is 31.5 Å². The van der Waals surface area contributed by atoms with E-state index in [2.05, 4.69) is 61.4 Å². The molecule has 3 aliphatic rings. The van der Waals surface area contributed by atoms with Crippen LogP contribution in [0.4, 0.5) is 5.95 Å². The largest absolute Gasteiger partial charge is 0.494 e. The van der Waals surface area contributed by atoms with Gasteiger partial charge in [-0.25, -0.2) is 15.0 Å². The monoisotopic (exact) mass is 562 g/mol. The second-order valence-corrected chi connectivity index (χ2v) is 12.0. The van der Waals surface area contributed by atoms with Crippen LogP contribution in [0.1, 0.15) is 23.2 Å². The molecule has 0 spiro atoms. The van der Waals surface area contributed by atoms with E-state index in [0.29, 0.717) is 23.1 Å². The number of nitrogens with two attached hydrogens (primary N) is 1. The average Bonchev–Trinajstić information content (AvgIpc) is 3.74. The fourth-order valence-electron chi connectivity index (χ4n) is 7.40. The number of carbonyl (C=O) groups is 1. The highest BCUT2D eigenvalue weighted by Crippen LogP contribution is 2.40. The minimum absolute atomic E-state index is 0.0102. The topological polar surface area (TPSA) is 107 Å². The molecular formula is C32H34N8O2. The van der Waals surface area contributed by atoms with Crippen molar-refractivity contribution < 1.29 is 9.53 Å². The Bertz CT molecular complexity index is 1820. The summed E-state index contributed by atoms with van der Waals surface area (Å²) >= 11 is 0. The number of para-hydroxylation sites is 1. The maximum atomic E-state index is 13.8. The Kier molecular flexibility index (Phi) is 5.75. The van der Waals surface area contributed by atoms with Crippen LogP contribution in [0.25, 0.3) is 33.5 Å². The molecule has 2 saturated heterocycles. The number of methoxy groups -OCH3 is 1. The van der Waals surface area contributed by atoms with E-state index >= 15 is 0 Å². The number of hydrogen-bond donors (Lipinski definition) is 1. The highest BCUT2D eigenvalue weighted by atomic mass is 16.5. The van der Waals surface area contributed by atoms with Crippen molar-refractivity contribution in [1.29, 1.82) is 0 Å². The van der Waals surface area contributed by atoms with Gasteiger partial charge < -0.3 is 29.4 Å². The standard InChI is InChI=1S/C32H34N8O2/c1-37-24-7-4-3-6-20(24)13-26(37)30-36-23-12-22(31(41)39-18-21-8-9-25(39)28(21)33)14-27(42-2)29(23)40(30)17-19-15-38(16-19)32-34-10-5-11-35-32/h3-7,10-14,19,21,25,28H,8-9,15-18,33H2,1-2H3/t21-,25-,28-/m1/s1. The summed E-state index contributed by atoms with van der Waals surface area (Å²) in [5.74, 6) is 3.07. The first kappa shape index (κ1) is 25.3. The van der Waals surface area contributed by atoms with Crippen LogP contribution in [0.2, 0.25) is 0 Å². The van der Waals surface area contributed by atoms with E-state index < -0.39 is 0 Å². The first-order chi connectivity index (χ1) is 20.5. The number of aryl methyl sites for hydroxylation is 1. The molecule has 1 aliphatic carbocycles. The minimum atomic E-state index is 0.0102. The first-order valence-corrected chi connectivity index (χ1v) is 14.7. The predicted molar refractivity (Wildman–Crippen MR) is 161 cm³/mol. The molecule has 214 valence electrons. The highest BCUT2D eigenvalue weighted by Gasteiger charge is 2.47. The lowest BCUT2D eigenvalue weighted by Gasteiger charge is -2.39. The third-order valence-corrected chi connectivity index (χ3v) is 9.60. The Hall–Kier alpha value is -4.44. The summed E-state index contributed by atoms with van der Waals surface area (Å²) in [6.07, 6.45) is 5.64. The number of amides is 1. The average molecular weight is 563 g/mol. The van der Waals surface area contributed by atoms with Crippen molar-refractivity contribution in [2.75, 3.05) is 31.6 Å². The predicted octanol–water partition coefficient (Wildman–Crippen LogP) is 3.69. The van der Waals surface area contributed by atoms with Crippen LogP contribution in [0.3, 0.4) is 0 Å². The van der Waals surface area contributed by atoms with Crippen LogP contribution in [0.15, 0.2) is 60.9 Å². The Morgan fingerprint density at radius 2 is 1.86 bits per heavy atom. The van der Waals surface area contributed by atoms with Gasteiger partial charge in [-0.3, -0.25) is 4.79 Å². The van der Waals surface area contributed by atoms with Gasteiger partial charge in [0.1, 0.15) is 11.3 Å². The molecular weight excluding hydrogens is 528 g/mol. The van der Waals surface area contributed by atoms with E-state index in [9.17, 15) is 4.79 Å². The lowest BCUT2D eigenvalue weighted by atomic mass is 10.0. The Labute approximate surface area is 243 Å². The summed E-state index contributed by atoms with van der Waals surface area (Å²) < 4.78 is 10.4. The van der Waals surface area contributed by atoms with Gasteiger partial charge in [0, 0.05) is 80.1 Å². The van der Waals surface area contributed by atoms with E-state index in [0.717, 1.165) is 78.4 Å². The zero-order valence-corrected chi connectivity index (χ0v) is 23.8. The summed E-state index contributed by atoms with van der Waals surface area (Å²) in [4.78, 5) is 32.0. The van der Waals surface area contributed by atoms with Gasteiger partial charge in [0.25, 0.3) is 5.91 Å². The Balaban J connectivity index is 1.21. The number of piperidine rings is 1. The van der Waals surface area contributed by atoms with Gasteiger partial charge in [0.15, 0.2) is 5.82 Å². The zero-order valence-electron chi connectivity index (χ0n) is 23.8. The number of anilines is 1. The summed E-state index contributed by atoms with van der Waals surface area (Å²) in [7, 11) is 3.75. The number of likely N-dealkylation sites (tertiary alicyclic amines) is 1. The maximum Gasteiger partial charge on any atom is 0.254 e. The molecule has 8 rings (SSSR count). The molecule has 2 N–H and O–H groups in total. The van der Waals surface area contributed by atoms with Gasteiger partial charge in [-0.05, 0) is 49.1 Å². The van der Waals surface area contributed by atoms with Crippen molar-refractivity contribution >= 4 is 33.8 Å². The van der Waals surface area contributed by atoms with Crippen molar-refractivity contribution in [3.63, 3.8) is 0 Å². The number of fused-ring (bicyclic) bond motifs is 4. The van der Waals surface area contributed by atoms with E-state index in [1.54, 1.807) is 19.5 Å². The third-order valence-electron chi connectivity index (χ3n) is 9.60. The van der Waals surface area contributed by atoms with Gasteiger partial charge in [0.2, 0.25) is 5.95 Å². The number of aromatic nitrogens is 5. The second-order valence-electron chi connectivity index (χ2n) is 12.0. The lowest BCUT2D eigenvalue weighted by Crippen LogP contribution is -2.49. The molecule has 1 amide bonds. The van der Waals surface area contributed by atoms with Crippen molar-refractivity contribution in [3.05, 3.63) is 66.5 Å². The van der Waals surface area contributed by atoms with Gasteiger partial charge in [0.05, 0.1) is 18.3 Å². The van der Waals surface area contributed by atoms with E-state index in [4.69, 9.17) is 15.5 Å². The van der Waals surface area contributed by atoms with Crippen LogP contribution in [-0.2, 0) is 13.6 Å². The minimum Gasteiger partial charge on any atom is -0.494 e. The highest BCUT2D eigenvalue weighted by molar-refractivity contribution is 6.00. The molecule has 1 saturated carbocycles. The summed E-state index contributed by atoms with van der Waals surface area (Å²) in [6, 6.07) is 16.4. The van der Waals surface area contributed by atoms with Gasteiger partial charge in [-0.2, -0.15) is 0 Å². The molecule has 3 atom stereocenters. The fourth-order valence-corrected chi connectivity index (χ4v) is 7.40. The van der Waals surface area contributed by atoms with Gasteiger partial charge in [-0.1, -0.05) is 18.2 Å². The van der Waals surface area contributed by atoms with E-state index in [-0.39, 0.29) is 18.0 Å². The van der Waals surface area contributed by atoms with Crippen LogP contribution < -0.4 is 15.4 Å². The molecule has 2 aliphatic heterocycles. The molecule has 0 unspecified atom stereocenters. The van der Waals surface area contributed by atoms with Crippen LogP contribution in [0.5, 0.6) is 5.75 Å². The summed E-state index contributed by atoms with van der Waals surface area (Å²) in [6.45, 7) is 3.19. The maximum absolute atomic E-state index is 13.8. The Morgan fingerprint density at radius 1 is 1.05 bits per heavy atom. The van der Waals surface area contributed by atoms with Crippen molar-refractivity contribution in [2.24, 2.45) is 24.6 Å². The molecule has 5 heterocycles. The zero-order chi connectivity index (χ0) is 28.5.